The molecule has 0 saturated heterocycles. The summed E-state index contributed by atoms with van der Waals surface area (Å²) in [4.78, 5) is 56.6. The van der Waals surface area contributed by atoms with Crippen LogP contribution in [0.5, 0.6) is 0 Å². The zero-order chi connectivity index (χ0) is 23.3. The van der Waals surface area contributed by atoms with Crippen molar-refractivity contribution in [3.63, 3.8) is 0 Å². The molecule has 172 valence electrons. The summed E-state index contributed by atoms with van der Waals surface area (Å²) in [5, 5.41) is 3.52. The van der Waals surface area contributed by atoms with E-state index >= 15 is 0 Å². The average Bonchev–Trinajstić information content (AvgIpc) is 3.55. The number of methoxy groups -OCH3 is 1. The predicted octanol–water partition coefficient (Wildman–Crippen LogP) is 2.84. The summed E-state index contributed by atoms with van der Waals surface area (Å²) in [6.07, 6.45) is 4.21. The number of esters is 2. The SMILES string of the molecule is COC(=O)c1c(NC(=O)COC(=O)c2sc3nc4n(c(=O)c3c2C)CCC4)sc2c1CCC2. The minimum atomic E-state index is -0.683. The third-order valence-corrected chi connectivity index (χ3v) is 8.37. The first kappa shape index (κ1) is 21.8. The first-order valence-electron chi connectivity index (χ1n) is 10.6. The molecule has 0 saturated carbocycles. The van der Waals surface area contributed by atoms with Crippen LogP contribution in [0, 0.1) is 6.92 Å². The van der Waals surface area contributed by atoms with E-state index in [1.165, 1.54) is 18.4 Å². The number of anilines is 1. The van der Waals surface area contributed by atoms with Gasteiger partial charge in [-0.05, 0) is 43.7 Å². The number of ether oxygens (including phenoxy) is 2. The number of rotatable bonds is 5. The van der Waals surface area contributed by atoms with E-state index in [4.69, 9.17) is 9.47 Å². The fraction of sp³-hybridized carbons (Fsp3) is 0.409. The number of fused-ring (bicyclic) bond motifs is 3. The Hall–Kier alpha value is -3.05. The highest BCUT2D eigenvalue weighted by molar-refractivity contribution is 7.20. The highest BCUT2D eigenvalue weighted by Crippen LogP contribution is 2.39. The second kappa shape index (κ2) is 8.38. The maximum atomic E-state index is 12.8. The third-order valence-electron chi connectivity index (χ3n) is 6.00. The lowest BCUT2D eigenvalue weighted by atomic mass is 10.1. The van der Waals surface area contributed by atoms with Crippen LogP contribution in [0.15, 0.2) is 4.79 Å². The van der Waals surface area contributed by atoms with Gasteiger partial charge in [0.15, 0.2) is 6.61 Å². The molecule has 0 radical (unpaired) electrons. The summed E-state index contributed by atoms with van der Waals surface area (Å²) >= 11 is 2.46. The number of carbonyl (C=O) groups excluding carboxylic acids is 3. The van der Waals surface area contributed by atoms with E-state index in [1.54, 1.807) is 11.5 Å². The maximum Gasteiger partial charge on any atom is 0.349 e. The van der Waals surface area contributed by atoms with Crippen LogP contribution in [0.2, 0.25) is 0 Å². The lowest BCUT2D eigenvalue weighted by molar-refractivity contribution is -0.119. The number of thiophene rings is 2. The van der Waals surface area contributed by atoms with Crippen LogP contribution in [-0.2, 0) is 40.1 Å². The van der Waals surface area contributed by atoms with Crippen LogP contribution in [0.4, 0.5) is 5.00 Å². The first-order valence-corrected chi connectivity index (χ1v) is 12.2. The van der Waals surface area contributed by atoms with Crippen LogP contribution in [0.1, 0.15) is 54.7 Å². The Balaban J connectivity index is 1.31. The molecule has 1 N–H and O–H groups in total. The van der Waals surface area contributed by atoms with Gasteiger partial charge in [-0.25, -0.2) is 14.6 Å². The maximum absolute atomic E-state index is 12.8. The molecule has 0 atom stereocenters. The van der Waals surface area contributed by atoms with Crippen molar-refractivity contribution in [2.24, 2.45) is 0 Å². The monoisotopic (exact) mass is 487 g/mol. The molecule has 0 fully saturated rings. The van der Waals surface area contributed by atoms with E-state index < -0.39 is 24.5 Å². The summed E-state index contributed by atoms with van der Waals surface area (Å²) < 4.78 is 11.8. The Morgan fingerprint density at radius 3 is 2.73 bits per heavy atom. The van der Waals surface area contributed by atoms with Crippen molar-refractivity contribution in [3.8, 4) is 0 Å². The molecule has 0 aromatic carbocycles. The van der Waals surface area contributed by atoms with Crippen molar-refractivity contribution in [3.05, 3.63) is 42.6 Å². The van der Waals surface area contributed by atoms with Crippen molar-refractivity contribution in [2.75, 3.05) is 19.0 Å². The van der Waals surface area contributed by atoms with E-state index in [2.05, 4.69) is 10.3 Å². The molecule has 3 aromatic heterocycles. The summed E-state index contributed by atoms with van der Waals surface area (Å²) in [5.41, 5.74) is 1.68. The zero-order valence-electron chi connectivity index (χ0n) is 18.1. The Kier molecular flexibility index (Phi) is 5.53. The number of amides is 1. The molecule has 0 unspecified atom stereocenters. The second-order valence-electron chi connectivity index (χ2n) is 8.00. The standard InChI is InChI=1S/C22H21N3O6S2/c1-10-15-18(23-13-7-4-8-25(13)20(15)27)33-17(10)22(29)31-9-14(26)24-19-16(21(28)30-2)11-5-3-6-12(11)32-19/h3-9H2,1-2H3,(H,24,26). The van der Waals surface area contributed by atoms with Crippen molar-refractivity contribution >= 4 is 55.7 Å². The Morgan fingerprint density at radius 1 is 1.12 bits per heavy atom. The van der Waals surface area contributed by atoms with Crippen LogP contribution >= 0.6 is 22.7 Å². The molecular weight excluding hydrogens is 466 g/mol. The fourth-order valence-electron chi connectivity index (χ4n) is 4.44. The van der Waals surface area contributed by atoms with E-state index in [9.17, 15) is 19.2 Å². The number of aromatic nitrogens is 2. The number of hydrogen-bond donors (Lipinski definition) is 1. The molecule has 1 amide bonds. The van der Waals surface area contributed by atoms with Crippen LogP contribution in [-0.4, -0.2) is 41.1 Å². The summed E-state index contributed by atoms with van der Waals surface area (Å²) in [6, 6.07) is 0. The minimum Gasteiger partial charge on any atom is -0.465 e. The lowest BCUT2D eigenvalue weighted by Crippen LogP contribution is -2.22. The molecule has 1 aliphatic carbocycles. The van der Waals surface area contributed by atoms with Gasteiger partial charge in [-0.1, -0.05) is 0 Å². The molecule has 4 heterocycles. The highest BCUT2D eigenvalue weighted by Gasteiger charge is 2.29. The van der Waals surface area contributed by atoms with Gasteiger partial charge in [0.05, 0.1) is 18.1 Å². The van der Waals surface area contributed by atoms with E-state index in [1.807, 2.05) is 0 Å². The molecule has 9 nitrogen and oxygen atoms in total. The van der Waals surface area contributed by atoms with Gasteiger partial charge >= 0.3 is 11.9 Å². The van der Waals surface area contributed by atoms with Gasteiger partial charge in [0.1, 0.15) is 20.5 Å². The van der Waals surface area contributed by atoms with E-state index in [0.717, 1.165) is 59.7 Å². The Bertz CT molecular complexity index is 1380. The molecule has 5 rings (SSSR count). The third kappa shape index (κ3) is 3.65. The number of aryl methyl sites for hydroxylation is 3. The number of hydrogen-bond acceptors (Lipinski definition) is 9. The molecule has 0 bridgehead atoms. The van der Waals surface area contributed by atoms with Crippen molar-refractivity contribution in [1.29, 1.82) is 0 Å². The molecule has 3 aromatic rings. The van der Waals surface area contributed by atoms with E-state index in [0.29, 0.717) is 32.9 Å². The predicted molar refractivity (Wildman–Crippen MR) is 124 cm³/mol. The van der Waals surface area contributed by atoms with Crippen LogP contribution in [0.3, 0.4) is 0 Å². The van der Waals surface area contributed by atoms with Crippen molar-refractivity contribution < 1.29 is 23.9 Å². The topological polar surface area (TPSA) is 117 Å². The number of carbonyl (C=O) groups is 3. The van der Waals surface area contributed by atoms with Gasteiger partial charge in [0, 0.05) is 17.8 Å². The molecule has 1 aliphatic heterocycles. The Morgan fingerprint density at radius 2 is 1.94 bits per heavy atom. The summed E-state index contributed by atoms with van der Waals surface area (Å²) in [6.45, 7) is 1.81. The molecular formula is C22H21N3O6S2. The summed E-state index contributed by atoms with van der Waals surface area (Å²) in [7, 11) is 1.30. The largest absolute Gasteiger partial charge is 0.465 e. The van der Waals surface area contributed by atoms with Gasteiger partial charge < -0.3 is 14.8 Å². The number of nitrogens with one attached hydrogen (secondary N) is 1. The van der Waals surface area contributed by atoms with Crippen molar-refractivity contribution in [2.45, 2.75) is 45.6 Å². The van der Waals surface area contributed by atoms with Gasteiger partial charge in [-0.15, -0.1) is 22.7 Å². The van der Waals surface area contributed by atoms with Crippen LogP contribution < -0.4 is 10.9 Å². The average molecular weight is 488 g/mol. The van der Waals surface area contributed by atoms with Gasteiger partial charge in [-0.2, -0.15) is 0 Å². The highest BCUT2D eigenvalue weighted by atomic mass is 32.1. The molecule has 11 heteroatoms. The molecule has 0 spiro atoms. The zero-order valence-corrected chi connectivity index (χ0v) is 19.7. The smallest absolute Gasteiger partial charge is 0.349 e. The lowest BCUT2D eigenvalue weighted by Gasteiger charge is -2.07. The first-order chi connectivity index (χ1) is 15.9. The van der Waals surface area contributed by atoms with Gasteiger partial charge in [0.2, 0.25) is 0 Å². The van der Waals surface area contributed by atoms with Gasteiger partial charge in [0.25, 0.3) is 11.5 Å². The molecule has 33 heavy (non-hydrogen) atoms. The quantitative estimate of drug-likeness (QED) is 0.550. The number of nitrogens with zero attached hydrogens (tertiary/aromatic N) is 2. The normalized spacial score (nSPS) is 14.2. The fourth-order valence-corrected chi connectivity index (χ4v) is 6.82. The minimum absolute atomic E-state index is 0.140. The van der Waals surface area contributed by atoms with Crippen molar-refractivity contribution in [1.82, 2.24) is 9.55 Å². The Labute approximate surface area is 196 Å². The second-order valence-corrected chi connectivity index (χ2v) is 10.1. The van der Waals surface area contributed by atoms with Gasteiger partial charge in [-0.3, -0.25) is 14.2 Å². The summed E-state index contributed by atoms with van der Waals surface area (Å²) in [5.74, 6) is -0.994. The van der Waals surface area contributed by atoms with Crippen LogP contribution in [0.25, 0.3) is 10.2 Å². The molecule has 2 aliphatic rings. The van der Waals surface area contributed by atoms with E-state index in [-0.39, 0.29) is 10.4 Å².